The number of rotatable bonds is 6. The van der Waals surface area contributed by atoms with E-state index in [9.17, 15) is 19.7 Å². The van der Waals surface area contributed by atoms with Gasteiger partial charge in [0.1, 0.15) is 6.61 Å². The molecule has 1 aromatic rings. The van der Waals surface area contributed by atoms with Crippen LogP contribution in [0.3, 0.4) is 0 Å². The molecular weight excluding hydrogens is 268 g/mol. The molecule has 0 spiro atoms. The van der Waals surface area contributed by atoms with Crippen LogP contribution < -0.4 is 10.1 Å². The summed E-state index contributed by atoms with van der Waals surface area (Å²) in [5, 5.41) is 13.1. The zero-order valence-corrected chi connectivity index (χ0v) is 11.0. The maximum absolute atomic E-state index is 11.4. The van der Waals surface area contributed by atoms with Gasteiger partial charge in [-0.2, -0.15) is 0 Å². The van der Waals surface area contributed by atoms with Crippen molar-refractivity contribution in [2.75, 3.05) is 13.7 Å². The largest absolute Gasteiger partial charge is 0.484 e. The summed E-state index contributed by atoms with van der Waals surface area (Å²) in [5.41, 5.74) is -0.223. The van der Waals surface area contributed by atoms with Gasteiger partial charge in [0.15, 0.2) is 11.8 Å². The maximum atomic E-state index is 11.4. The molecule has 0 fully saturated rings. The van der Waals surface area contributed by atoms with E-state index in [1.54, 1.807) is 6.07 Å². The van der Waals surface area contributed by atoms with Gasteiger partial charge in [0.2, 0.25) is 5.91 Å². The van der Waals surface area contributed by atoms with Gasteiger partial charge in [-0.15, -0.1) is 0 Å². The average Bonchev–Trinajstić information content (AvgIpc) is 2.42. The lowest BCUT2D eigenvalue weighted by molar-refractivity contribution is -0.385. The van der Waals surface area contributed by atoms with Crippen molar-refractivity contribution in [1.82, 2.24) is 5.32 Å². The zero-order valence-electron chi connectivity index (χ0n) is 11.0. The lowest BCUT2D eigenvalue weighted by Crippen LogP contribution is -2.44. The number of carbonyl (C=O) groups is 2. The van der Waals surface area contributed by atoms with E-state index in [4.69, 9.17) is 4.74 Å². The second kappa shape index (κ2) is 7.07. The molecule has 0 bridgehead atoms. The number of nitro groups is 1. The summed E-state index contributed by atoms with van der Waals surface area (Å²) in [4.78, 5) is 32.6. The minimum Gasteiger partial charge on any atom is -0.484 e. The Hall–Kier alpha value is -2.64. The number of ether oxygens (including phenoxy) is 2. The van der Waals surface area contributed by atoms with E-state index in [0.29, 0.717) is 0 Å². The van der Waals surface area contributed by atoms with Crippen LogP contribution in [0.1, 0.15) is 6.92 Å². The van der Waals surface area contributed by atoms with Crippen LogP contribution in [0.4, 0.5) is 5.69 Å². The monoisotopic (exact) mass is 282 g/mol. The Morgan fingerprint density at radius 3 is 2.60 bits per heavy atom. The van der Waals surface area contributed by atoms with Crippen LogP contribution in [0.5, 0.6) is 5.75 Å². The van der Waals surface area contributed by atoms with E-state index < -0.39 is 22.8 Å². The second-order valence-electron chi connectivity index (χ2n) is 3.81. The summed E-state index contributed by atoms with van der Waals surface area (Å²) in [5.74, 6) is -1.12. The first-order valence-electron chi connectivity index (χ1n) is 5.67. The number of amides is 1. The molecule has 8 heteroatoms. The molecule has 0 aromatic heterocycles. The summed E-state index contributed by atoms with van der Waals surface area (Å²) in [6, 6.07) is 4.71. The molecule has 8 nitrogen and oxygen atoms in total. The third-order valence-electron chi connectivity index (χ3n) is 2.33. The van der Waals surface area contributed by atoms with Crippen molar-refractivity contribution in [2.45, 2.75) is 13.0 Å². The molecule has 0 aliphatic heterocycles. The molecule has 1 unspecified atom stereocenters. The number of hydrogen-bond donors (Lipinski definition) is 1. The molecule has 0 aliphatic carbocycles. The van der Waals surface area contributed by atoms with Gasteiger partial charge in [0.05, 0.1) is 12.0 Å². The van der Waals surface area contributed by atoms with Crippen molar-refractivity contribution >= 4 is 17.6 Å². The van der Waals surface area contributed by atoms with E-state index in [-0.39, 0.29) is 18.0 Å². The van der Waals surface area contributed by atoms with Gasteiger partial charge in [-0.05, 0) is 6.07 Å². The van der Waals surface area contributed by atoms with Crippen LogP contribution >= 0.6 is 0 Å². The topological polar surface area (TPSA) is 108 Å². The van der Waals surface area contributed by atoms with E-state index in [2.05, 4.69) is 10.1 Å². The average molecular weight is 282 g/mol. The summed E-state index contributed by atoms with van der Waals surface area (Å²) in [6.45, 7) is 0.970. The second-order valence-corrected chi connectivity index (χ2v) is 3.81. The van der Waals surface area contributed by atoms with Gasteiger partial charge in [0.25, 0.3) is 0 Å². The highest BCUT2D eigenvalue weighted by Gasteiger charge is 2.23. The van der Waals surface area contributed by atoms with Crippen molar-refractivity contribution in [1.29, 1.82) is 0 Å². The van der Waals surface area contributed by atoms with Crippen molar-refractivity contribution in [2.24, 2.45) is 0 Å². The van der Waals surface area contributed by atoms with E-state index in [1.807, 2.05) is 0 Å². The summed E-state index contributed by atoms with van der Waals surface area (Å²) < 4.78 is 9.74. The van der Waals surface area contributed by atoms with Gasteiger partial charge >= 0.3 is 11.7 Å². The first-order chi connectivity index (χ1) is 9.45. The first-order valence-corrected chi connectivity index (χ1v) is 5.67. The van der Waals surface area contributed by atoms with Crippen molar-refractivity contribution < 1.29 is 24.0 Å². The molecule has 0 saturated heterocycles. The third kappa shape index (κ3) is 4.23. The van der Waals surface area contributed by atoms with Crippen molar-refractivity contribution in [3.05, 3.63) is 34.4 Å². The Labute approximate surface area is 114 Å². The Morgan fingerprint density at radius 2 is 2.05 bits per heavy atom. The number of benzene rings is 1. The fourth-order valence-corrected chi connectivity index (χ4v) is 1.46. The molecule has 0 heterocycles. The number of nitrogens with one attached hydrogen (secondary N) is 1. The Kier molecular flexibility index (Phi) is 5.45. The van der Waals surface area contributed by atoms with Crippen molar-refractivity contribution in [3.8, 4) is 5.75 Å². The number of esters is 1. The van der Waals surface area contributed by atoms with E-state index >= 15 is 0 Å². The smallest absolute Gasteiger partial charge is 0.331 e. The summed E-state index contributed by atoms with van der Waals surface area (Å²) in [6.07, 6.45) is 0. The number of nitrogens with zero attached hydrogens (tertiary/aromatic N) is 1. The molecule has 20 heavy (non-hydrogen) atoms. The molecule has 1 atom stereocenters. The quantitative estimate of drug-likeness (QED) is 0.466. The molecule has 1 N–H and O–H groups in total. The highest BCUT2D eigenvalue weighted by molar-refractivity contribution is 5.83. The van der Waals surface area contributed by atoms with Crippen molar-refractivity contribution in [3.63, 3.8) is 0 Å². The molecule has 1 amide bonds. The van der Waals surface area contributed by atoms with Gasteiger partial charge in [-0.25, -0.2) is 4.79 Å². The van der Waals surface area contributed by atoms with Crippen LogP contribution in [0.2, 0.25) is 0 Å². The lowest BCUT2D eigenvalue weighted by Gasteiger charge is -2.16. The number of hydrogen-bond acceptors (Lipinski definition) is 6. The van der Waals surface area contributed by atoms with Gasteiger partial charge in [-0.3, -0.25) is 14.9 Å². The number of carbonyl (C=O) groups excluding carboxylic acids is 2. The molecular formula is C12H14N2O6. The van der Waals surface area contributed by atoms with Crippen LogP contribution in [0, 0.1) is 10.1 Å². The van der Waals surface area contributed by atoms with Crippen LogP contribution in [-0.2, 0) is 14.3 Å². The zero-order chi connectivity index (χ0) is 15.1. The highest BCUT2D eigenvalue weighted by atomic mass is 16.6. The normalized spacial score (nSPS) is 11.3. The first kappa shape index (κ1) is 15.4. The SMILES string of the molecule is COC(=O)C(COc1ccccc1[N+](=O)[O-])NC(C)=O. The predicted octanol–water partition coefficient (Wildman–Crippen LogP) is 0.651. The Balaban J connectivity index is 2.79. The lowest BCUT2D eigenvalue weighted by atomic mass is 10.3. The van der Waals surface area contributed by atoms with E-state index in [0.717, 1.165) is 0 Å². The molecule has 0 radical (unpaired) electrons. The van der Waals surface area contributed by atoms with Crippen LogP contribution in [0.15, 0.2) is 24.3 Å². The fourth-order valence-electron chi connectivity index (χ4n) is 1.46. The van der Waals surface area contributed by atoms with Gasteiger partial charge in [-0.1, -0.05) is 12.1 Å². The molecule has 1 rings (SSSR count). The fraction of sp³-hybridized carbons (Fsp3) is 0.333. The van der Waals surface area contributed by atoms with Crippen LogP contribution in [-0.4, -0.2) is 36.6 Å². The minimum absolute atomic E-state index is 0.0109. The predicted molar refractivity (Wildman–Crippen MR) is 68.2 cm³/mol. The van der Waals surface area contributed by atoms with Crippen LogP contribution in [0.25, 0.3) is 0 Å². The van der Waals surface area contributed by atoms with Gasteiger partial charge < -0.3 is 14.8 Å². The number of methoxy groups -OCH3 is 1. The Bertz CT molecular complexity index is 516. The third-order valence-corrected chi connectivity index (χ3v) is 2.33. The maximum Gasteiger partial charge on any atom is 0.331 e. The van der Waals surface area contributed by atoms with E-state index in [1.165, 1.54) is 32.2 Å². The minimum atomic E-state index is -1.03. The standard InChI is InChI=1S/C12H14N2O6/c1-8(15)13-9(12(16)19-2)7-20-11-6-4-3-5-10(11)14(17)18/h3-6,9H,7H2,1-2H3,(H,13,15). The van der Waals surface area contributed by atoms with Gasteiger partial charge in [0, 0.05) is 13.0 Å². The number of para-hydroxylation sites is 2. The number of nitro benzene ring substituents is 1. The molecule has 108 valence electrons. The Morgan fingerprint density at radius 1 is 1.40 bits per heavy atom. The summed E-state index contributed by atoms with van der Waals surface area (Å²) in [7, 11) is 1.17. The summed E-state index contributed by atoms with van der Waals surface area (Å²) >= 11 is 0. The molecule has 1 aromatic carbocycles. The molecule has 0 aliphatic rings. The molecule has 0 saturated carbocycles. The highest BCUT2D eigenvalue weighted by Crippen LogP contribution is 2.25.